The molecule has 0 saturated heterocycles. The van der Waals surface area contributed by atoms with Gasteiger partial charge in [0.2, 0.25) is 6.10 Å². The van der Waals surface area contributed by atoms with E-state index in [2.05, 4.69) is 5.32 Å². The van der Waals surface area contributed by atoms with Gasteiger partial charge in [-0.1, -0.05) is 0 Å². The number of benzene rings is 1. The second-order valence-electron chi connectivity index (χ2n) is 6.50. The number of hydrogen-bond acceptors (Lipinski definition) is 10. The fraction of sp³-hybridized carbons (Fsp3) is 0.476. The second-order valence-corrected chi connectivity index (χ2v) is 6.50. The molecule has 0 unspecified atom stereocenters. The molecule has 0 spiro atoms. The molecule has 1 N–H and O–H groups in total. The molecule has 3 atom stereocenters. The summed E-state index contributed by atoms with van der Waals surface area (Å²) in [6.07, 6.45) is -4.74. The van der Waals surface area contributed by atoms with Crippen molar-refractivity contribution in [3.8, 4) is 5.75 Å². The minimum atomic E-state index is -1.72. The van der Waals surface area contributed by atoms with E-state index in [9.17, 15) is 24.0 Å². The lowest BCUT2D eigenvalue weighted by Gasteiger charge is -2.30. The van der Waals surface area contributed by atoms with Crippen molar-refractivity contribution >= 4 is 35.5 Å². The van der Waals surface area contributed by atoms with Gasteiger partial charge in [0.15, 0.2) is 12.2 Å². The van der Waals surface area contributed by atoms with E-state index in [-0.39, 0.29) is 0 Å². The molecule has 0 radical (unpaired) electrons. The quantitative estimate of drug-likeness (QED) is 0.385. The van der Waals surface area contributed by atoms with Crippen molar-refractivity contribution in [2.24, 2.45) is 0 Å². The number of nitrogens with one attached hydrogen (secondary N) is 1. The molecule has 1 rings (SSSR count). The van der Waals surface area contributed by atoms with Crippen molar-refractivity contribution in [2.45, 2.75) is 52.9 Å². The number of ether oxygens (including phenoxy) is 5. The first-order valence-electron chi connectivity index (χ1n) is 9.72. The highest BCUT2D eigenvalue weighted by Gasteiger charge is 2.42. The van der Waals surface area contributed by atoms with Crippen LogP contribution in [0.5, 0.6) is 5.75 Å². The molecule has 32 heavy (non-hydrogen) atoms. The molecule has 11 heteroatoms. The number of hydrogen-bond donors (Lipinski definition) is 1. The maximum atomic E-state index is 13.0. The van der Waals surface area contributed by atoms with Crippen LogP contribution in [0.2, 0.25) is 0 Å². The highest BCUT2D eigenvalue weighted by atomic mass is 16.6. The van der Waals surface area contributed by atoms with Crippen LogP contribution in [0.3, 0.4) is 0 Å². The predicted molar refractivity (Wildman–Crippen MR) is 110 cm³/mol. The van der Waals surface area contributed by atoms with E-state index in [1.165, 1.54) is 0 Å². The predicted octanol–water partition coefficient (Wildman–Crippen LogP) is 1.38. The number of anilines is 1. The zero-order chi connectivity index (χ0) is 24.3. The highest BCUT2D eigenvalue weighted by molar-refractivity contribution is 5.96. The topological polar surface area (TPSA) is 144 Å². The molecule has 0 bridgehead atoms. The van der Waals surface area contributed by atoms with Gasteiger partial charge in [-0.05, 0) is 31.2 Å². The molecule has 0 saturated carbocycles. The molecule has 0 aliphatic carbocycles. The Bertz CT molecular complexity index is 820. The molecule has 1 amide bonds. The number of carbonyl (C=O) groups excluding carboxylic acids is 5. The summed E-state index contributed by atoms with van der Waals surface area (Å²) >= 11 is 0. The summed E-state index contributed by atoms with van der Waals surface area (Å²) in [4.78, 5) is 59.1. The molecule has 0 heterocycles. The number of rotatable bonds is 11. The Morgan fingerprint density at radius 3 is 1.84 bits per heavy atom. The lowest BCUT2D eigenvalue weighted by Crippen LogP contribution is -2.52. The Kier molecular flexibility index (Phi) is 10.7. The first-order valence-corrected chi connectivity index (χ1v) is 9.72. The van der Waals surface area contributed by atoms with Gasteiger partial charge < -0.3 is 29.0 Å². The summed E-state index contributed by atoms with van der Waals surface area (Å²) in [6, 6.07) is 6.34. The van der Waals surface area contributed by atoms with Crippen molar-refractivity contribution in [1.82, 2.24) is 0 Å². The zero-order valence-electron chi connectivity index (χ0n) is 18.5. The minimum Gasteiger partial charge on any atom is -0.494 e. The van der Waals surface area contributed by atoms with Crippen molar-refractivity contribution in [1.29, 1.82) is 0 Å². The smallest absolute Gasteiger partial charge is 0.303 e. The van der Waals surface area contributed by atoms with Crippen molar-refractivity contribution in [3.05, 3.63) is 24.3 Å². The molecule has 0 aliphatic rings. The summed E-state index contributed by atoms with van der Waals surface area (Å²) in [7, 11) is 0. The van der Waals surface area contributed by atoms with Gasteiger partial charge in [-0.3, -0.25) is 24.0 Å². The van der Waals surface area contributed by atoms with Gasteiger partial charge in [-0.15, -0.1) is 0 Å². The van der Waals surface area contributed by atoms with E-state index >= 15 is 0 Å². The standard InChI is InChI=1S/C21H27NO10/c1-6-28-17-9-7-16(8-10-17)22-21(27)20(32-15(5)26)19(31-14(4)25)18(30-13(3)24)11-29-12(2)23/h7-10,18-20H,6,11H2,1-5H3,(H,22,27)/t18-,19-,20+/m0/s1. The van der Waals surface area contributed by atoms with Crippen LogP contribution in [0, 0.1) is 0 Å². The Morgan fingerprint density at radius 2 is 1.38 bits per heavy atom. The number of amides is 1. The molecular formula is C21H27NO10. The van der Waals surface area contributed by atoms with Gasteiger partial charge in [-0.25, -0.2) is 0 Å². The van der Waals surface area contributed by atoms with Gasteiger partial charge in [0, 0.05) is 33.4 Å². The molecule has 0 aliphatic heterocycles. The number of esters is 4. The van der Waals surface area contributed by atoms with Crippen molar-refractivity contribution < 1.29 is 47.7 Å². The molecule has 176 valence electrons. The third-order valence-electron chi connectivity index (χ3n) is 3.72. The van der Waals surface area contributed by atoms with Crippen LogP contribution >= 0.6 is 0 Å². The van der Waals surface area contributed by atoms with E-state index in [4.69, 9.17) is 23.7 Å². The van der Waals surface area contributed by atoms with E-state index in [0.29, 0.717) is 18.0 Å². The van der Waals surface area contributed by atoms with E-state index in [1.54, 1.807) is 24.3 Å². The lowest BCUT2D eigenvalue weighted by atomic mass is 10.1. The monoisotopic (exact) mass is 453 g/mol. The average Bonchev–Trinajstić information content (AvgIpc) is 2.68. The second kappa shape index (κ2) is 12.9. The minimum absolute atomic E-state index is 0.334. The summed E-state index contributed by atoms with van der Waals surface area (Å²) in [5.41, 5.74) is 0.334. The van der Waals surface area contributed by atoms with Crippen LogP contribution in [0.25, 0.3) is 0 Å². The van der Waals surface area contributed by atoms with E-state index in [1.807, 2.05) is 6.92 Å². The molecule has 0 fully saturated rings. The molecule has 11 nitrogen and oxygen atoms in total. The SMILES string of the molecule is CCOc1ccc(NC(=O)[C@H](OC(C)=O)[C@@H](OC(C)=O)[C@H](COC(C)=O)OC(C)=O)cc1. The molecular weight excluding hydrogens is 426 g/mol. The van der Waals surface area contributed by atoms with Gasteiger partial charge in [0.1, 0.15) is 12.4 Å². The number of carbonyl (C=O) groups is 5. The summed E-state index contributed by atoms with van der Waals surface area (Å²) < 4.78 is 25.5. The van der Waals surface area contributed by atoms with Crippen LogP contribution in [-0.2, 0) is 42.9 Å². The van der Waals surface area contributed by atoms with E-state index in [0.717, 1.165) is 27.7 Å². The van der Waals surface area contributed by atoms with Gasteiger partial charge in [0.25, 0.3) is 5.91 Å². The van der Waals surface area contributed by atoms with Crippen LogP contribution in [-0.4, -0.2) is 61.3 Å². The third kappa shape index (κ3) is 9.45. The molecule has 1 aromatic rings. The van der Waals surface area contributed by atoms with Gasteiger partial charge >= 0.3 is 23.9 Å². The summed E-state index contributed by atoms with van der Waals surface area (Å²) in [5, 5.41) is 2.53. The average molecular weight is 453 g/mol. The maximum absolute atomic E-state index is 13.0. The zero-order valence-corrected chi connectivity index (χ0v) is 18.5. The van der Waals surface area contributed by atoms with E-state index < -0.39 is 54.7 Å². The van der Waals surface area contributed by atoms with Crippen LogP contribution in [0.4, 0.5) is 5.69 Å². The highest BCUT2D eigenvalue weighted by Crippen LogP contribution is 2.19. The van der Waals surface area contributed by atoms with Gasteiger partial charge in [0.05, 0.1) is 6.61 Å². The lowest BCUT2D eigenvalue weighted by molar-refractivity contribution is -0.190. The first kappa shape index (κ1) is 26.4. The third-order valence-corrected chi connectivity index (χ3v) is 3.72. The van der Waals surface area contributed by atoms with Crippen LogP contribution < -0.4 is 10.1 Å². The maximum Gasteiger partial charge on any atom is 0.303 e. The Balaban J connectivity index is 3.23. The molecule has 0 aromatic heterocycles. The van der Waals surface area contributed by atoms with Gasteiger partial charge in [-0.2, -0.15) is 0 Å². The van der Waals surface area contributed by atoms with Crippen molar-refractivity contribution in [3.63, 3.8) is 0 Å². The fourth-order valence-corrected chi connectivity index (χ4v) is 2.60. The van der Waals surface area contributed by atoms with Crippen molar-refractivity contribution in [2.75, 3.05) is 18.5 Å². The molecule has 1 aromatic carbocycles. The normalized spacial score (nSPS) is 13.0. The summed E-state index contributed by atoms with van der Waals surface area (Å²) in [6.45, 7) is 6.04. The fourth-order valence-electron chi connectivity index (χ4n) is 2.60. The largest absolute Gasteiger partial charge is 0.494 e. The Morgan fingerprint density at radius 1 is 0.812 bits per heavy atom. The van der Waals surface area contributed by atoms with Crippen LogP contribution in [0.1, 0.15) is 34.6 Å². The first-order chi connectivity index (χ1) is 15.0. The Labute approximate surface area is 185 Å². The van der Waals surface area contributed by atoms with Crippen LogP contribution in [0.15, 0.2) is 24.3 Å². The summed E-state index contributed by atoms with van der Waals surface area (Å²) in [5.74, 6) is -3.49. The Hall–Kier alpha value is -3.63.